The molecule has 11 heteroatoms. The summed E-state index contributed by atoms with van der Waals surface area (Å²) in [4.78, 5) is 16.6. The Morgan fingerprint density at radius 1 is 1.32 bits per heavy atom. The number of halogens is 4. The van der Waals surface area contributed by atoms with Crippen LogP contribution in [0.1, 0.15) is 31.2 Å². The van der Waals surface area contributed by atoms with E-state index < -0.39 is 35.5 Å². The number of thioether (sulfide) groups is 1. The van der Waals surface area contributed by atoms with E-state index >= 15 is 0 Å². The van der Waals surface area contributed by atoms with Gasteiger partial charge in [-0.05, 0) is 43.9 Å². The highest BCUT2D eigenvalue weighted by molar-refractivity contribution is 8.12. The number of urea groups is 1. The largest absolute Gasteiger partial charge is 0.418 e. The fourth-order valence-corrected chi connectivity index (χ4v) is 5.46. The number of anilines is 1. The van der Waals surface area contributed by atoms with Gasteiger partial charge in [-0.1, -0.05) is 0 Å². The Hall–Kier alpha value is -1.85. The first-order valence-corrected chi connectivity index (χ1v) is 11.2. The number of rotatable bonds is 4. The van der Waals surface area contributed by atoms with E-state index in [1.165, 1.54) is 0 Å². The van der Waals surface area contributed by atoms with Crippen molar-refractivity contribution in [2.24, 2.45) is 10.9 Å². The van der Waals surface area contributed by atoms with Gasteiger partial charge in [0.05, 0.1) is 36.0 Å². The highest BCUT2D eigenvalue weighted by atomic mass is 32.2. The standard InChI is InChI=1S/C20H24F4N4O2S/c21-11-4-5-15(14(6-11)20(22,23)24)28-19(29)26-9-18-27-12-2-1-3-16(30-18)13(7-12)17-8-25-10-31-17/h4-6,10,12-13,16-18,27H,1-3,7-9H2,(H2,26,28,29). The fraction of sp³-hybridized carbons (Fsp3) is 0.600. The van der Waals surface area contributed by atoms with Gasteiger partial charge in [0.15, 0.2) is 0 Å². The number of carbonyl (C=O) groups is 1. The number of nitrogens with zero attached hydrogens (tertiary/aromatic N) is 1. The Morgan fingerprint density at radius 3 is 2.90 bits per heavy atom. The Labute approximate surface area is 181 Å². The van der Waals surface area contributed by atoms with E-state index in [1.807, 2.05) is 5.55 Å². The third-order valence-electron chi connectivity index (χ3n) is 5.89. The number of alkyl halides is 3. The molecule has 2 fully saturated rings. The molecule has 1 aliphatic carbocycles. The number of fused-ring (bicyclic) bond motifs is 3. The van der Waals surface area contributed by atoms with Crippen LogP contribution in [-0.4, -0.2) is 48.3 Å². The van der Waals surface area contributed by atoms with Crippen LogP contribution >= 0.6 is 11.8 Å². The lowest BCUT2D eigenvalue weighted by molar-refractivity contribution is -0.137. The van der Waals surface area contributed by atoms with Crippen molar-refractivity contribution in [3.8, 4) is 0 Å². The van der Waals surface area contributed by atoms with Crippen molar-refractivity contribution in [1.29, 1.82) is 0 Å². The summed E-state index contributed by atoms with van der Waals surface area (Å²) >= 11 is 1.73. The summed E-state index contributed by atoms with van der Waals surface area (Å²) in [6.07, 6.45) is -1.20. The topological polar surface area (TPSA) is 74.8 Å². The lowest BCUT2D eigenvalue weighted by Crippen LogP contribution is -2.48. The number of amides is 2. The molecule has 2 heterocycles. The molecule has 5 atom stereocenters. The Morgan fingerprint density at radius 2 is 2.16 bits per heavy atom. The average Bonchev–Trinajstić information content (AvgIpc) is 3.08. The average molecular weight is 460 g/mol. The first-order valence-electron chi connectivity index (χ1n) is 10.3. The second-order valence-electron chi connectivity index (χ2n) is 8.03. The Kier molecular flexibility index (Phi) is 6.73. The van der Waals surface area contributed by atoms with Gasteiger partial charge in [0, 0.05) is 17.2 Å². The number of hydrogen-bond acceptors (Lipinski definition) is 5. The summed E-state index contributed by atoms with van der Waals surface area (Å²) in [6.45, 7) is 0.884. The smallest absolute Gasteiger partial charge is 0.358 e. The van der Waals surface area contributed by atoms with Gasteiger partial charge in [-0.3, -0.25) is 10.3 Å². The molecule has 2 bridgehead atoms. The van der Waals surface area contributed by atoms with Gasteiger partial charge in [0.1, 0.15) is 12.0 Å². The molecule has 2 amide bonds. The summed E-state index contributed by atoms with van der Waals surface area (Å²) in [7, 11) is 0. The number of ether oxygens (including phenoxy) is 1. The molecule has 1 saturated carbocycles. The predicted octanol–water partition coefficient (Wildman–Crippen LogP) is 3.98. The van der Waals surface area contributed by atoms with Crippen LogP contribution in [0.2, 0.25) is 0 Å². The van der Waals surface area contributed by atoms with Crippen LogP contribution in [-0.2, 0) is 10.9 Å². The van der Waals surface area contributed by atoms with E-state index in [0.29, 0.717) is 17.2 Å². The molecule has 2 aliphatic heterocycles. The number of benzene rings is 1. The zero-order chi connectivity index (χ0) is 22.0. The van der Waals surface area contributed by atoms with Crippen molar-refractivity contribution in [1.82, 2.24) is 10.6 Å². The summed E-state index contributed by atoms with van der Waals surface area (Å²) in [5, 5.41) is 8.54. The summed E-state index contributed by atoms with van der Waals surface area (Å²) in [6, 6.07) is 1.56. The molecule has 0 spiro atoms. The maximum atomic E-state index is 13.2. The van der Waals surface area contributed by atoms with Gasteiger partial charge in [-0.15, -0.1) is 11.8 Å². The molecule has 170 valence electrons. The zero-order valence-corrected chi connectivity index (χ0v) is 17.4. The van der Waals surface area contributed by atoms with Crippen LogP contribution in [0.15, 0.2) is 23.2 Å². The number of aliphatic imine (C=N–C) groups is 1. The van der Waals surface area contributed by atoms with Crippen molar-refractivity contribution in [3.63, 3.8) is 0 Å². The first-order chi connectivity index (χ1) is 14.8. The summed E-state index contributed by atoms with van der Waals surface area (Å²) < 4.78 is 58.8. The van der Waals surface area contributed by atoms with E-state index in [-0.39, 0.29) is 18.7 Å². The van der Waals surface area contributed by atoms with Gasteiger partial charge >= 0.3 is 12.2 Å². The van der Waals surface area contributed by atoms with E-state index in [4.69, 9.17) is 4.74 Å². The van der Waals surface area contributed by atoms with Crippen LogP contribution in [0.4, 0.5) is 28.0 Å². The molecule has 6 nitrogen and oxygen atoms in total. The maximum absolute atomic E-state index is 13.2. The molecule has 1 saturated heterocycles. The van der Waals surface area contributed by atoms with Gasteiger partial charge in [0.2, 0.25) is 0 Å². The number of carbonyl (C=O) groups excluding carboxylic acids is 1. The van der Waals surface area contributed by atoms with Crippen LogP contribution < -0.4 is 16.0 Å². The minimum absolute atomic E-state index is 0.0444. The summed E-state index contributed by atoms with van der Waals surface area (Å²) in [5.74, 6) is -0.666. The Balaban J connectivity index is 1.36. The van der Waals surface area contributed by atoms with Crippen LogP contribution in [0, 0.1) is 11.7 Å². The molecule has 4 rings (SSSR count). The Bertz CT molecular complexity index is 830. The molecule has 3 N–H and O–H groups in total. The highest BCUT2D eigenvalue weighted by Crippen LogP contribution is 2.38. The van der Waals surface area contributed by atoms with E-state index in [1.54, 1.807) is 11.8 Å². The second kappa shape index (κ2) is 9.33. The third kappa shape index (κ3) is 5.50. The van der Waals surface area contributed by atoms with Crippen molar-refractivity contribution in [2.75, 3.05) is 18.4 Å². The van der Waals surface area contributed by atoms with Crippen LogP contribution in [0.25, 0.3) is 0 Å². The molecule has 1 aromatic carbocycles. The minimum Gasteiger partial charge on any atom is -0.358 e. The normalized spacial score (nSPS) is 30.6. The molecular formula is C20H24F4N4O2S. The maximum Gasteiger partial charge on any atom is 0.418 e. The molecule has 5 unspecified atom stereocenters. The van der Waals surface area contributed by atoms with Crippen molar-refractivity contribution >= 4 is 29.0 Å². The number of hydrogen-bond donors (Lipinski definition) is 3. The van der Waals surface area contributed by atoms with Gasteiger partial charge < -0.3 is 15.4 Å². The molecule has 0 radical (unpaired) electrons. The van der Waals surface area contributed by atoms with E-state index in [2.05, 4.69) is 20.9 Å². The van der Waals surface area contributed by atoms with Crippen molar-refractivity contribution < 1.29 is 27.1 Å². The third-order valence-corrected chi connectivity index (χ3v) is 7.01. The van der Waals surface area contributed by atoms with Gasteiger partial charge in [-0.25, -0.2) is 9.18 Å². The number of nitrogens with one attached hydrogen (secondary N) is 3. The van der Waals surface area contributed by atoms with Crippen molar-refractivity contribution in [3.05, 3.63) is 29.6 Å². The minimum atomic E-state index is -4.79. The van der Waals surface area contributed by atoms with Crippen LogP contribution in [0.5, 0.6) is 0 Å². The quantitative estimate of drug-likeness (QED) is 0.595. The fourth-order valence-electron chi connectivity index (χ4n) is 4.47. The van der Waals surface area contributed by atoms with E-state index in [0.717, 1.165) is 44.4 Å². The predicted molar refractivity (Wildman–Crippen MR) is 111 cm³/mol. The van der Waals surface area contributed by atoms with E-state index in [9.17, 15) is 22.4 Å². The highest BCUT2D eigenvalue weighted by Gasteiger charge is 2.40. The van der Waals surface area contributed by atoms with Gasteiger partial charge in [-0.2, -0.15) is 13.2 Å². The SMILES string of the molecule is O=C(NCC1NC2CCCC(O1)C(C1CN=CS1)C2)Nc1ccc(F)cc1C(F)(F)F. The molecule has 1 aromatic rings. The molecule has 31 heavy (non-hydrogen) atoms. The van der Waals surface area contributed by atoms with Crippen LogP contribution in [0.3, 0.4) is 0 Å². The lowest BCUT2D eigenvalue weighted by atomic mass is 9.92. The van der Waals surface area contributed by atoms with Gasteiger partial charge in [0.25, 0.3) is 0 Å². The molecule has 3 aliphatic rings. The summed E-state index contributed by atoms with van der Waals surface area (Å²) in [5.41, 5.74) is 0.150. The molecular weight excluding hydrogens is 436 g/mol. The first kappa shape index (κ1) is 22.3. The molecule has 0 aromatic heterocycles. The monoisotopic (exact) mass is 460 g/mol. The zero-order valence-electron chi connectivity index (χ0n) is 16.6. The lowest BCUT2D eigenvalue weighted by Gasteiger charge is -2.30. The van der Waals surface area contributed by atoms with Crippen molar-refractivity contribution in [2.45, 2.75) is 55.5 Å². The second-order valence-corrected chi connectivity index (χ2v) is 9.11.